The van der Waals surface area contributed by atoms with Crippen molar-refractivity contribution in [2.45, 2.75) is 59.7 Å². The standard InChI is InChI=1S/C8H17FO.C7H15FO2/c1-8(2,3)4-7(5-9)6-10;1-7(2,3)10-5-6(9)4-8/h7,10H,4-6H2,1-3H3;6,9H,4-5H2,1-3H3/t;6-/m.1/s1. The molecule has 0 saturated carbocycles. The Morgan fingerprint density at radius 2 is 1.50 bits per heavy atom. The Balaban J connectivity index is 0. The van der Waals surface area contributed by atoms with E-state index in [1.165, 1.54) is 0 Å². The van der Waals surface area contributed by atoms with E-state index in [0.29, 0.717) is 0 Å². The van der Waals surface area contributed by atoms with Crippen LogP contribution < -0.4 is 0 Å². The first-order chi connectivity index (χ1) is 8.95. The van der Waals surface area contributed by atoms with Crippen LogP contribution >= 0.6 is 0 Å². The van der Waals surface area contributed by atoms with Gasteiger partial charge >= 0.3 is 0 Å². The highest BCUT2D eigenvalue weighted by Gasteiger charge is 2.17. The molecule has 0 bridgehead atoms. The van der Waals surface area contributed by atoms with Gasteiger partial charge in [-0.2, -0.15) is 0 Å². The van der Waals surface area contributed by atoms with Crippen LogP contribution in [0, 0.1) is 11.3 Å². The van der Waals surface area contributed by atoms with Crippen molar-refractivity contribution in [2.24, 2.45) is 11.3 Å². The summed E-state index contributed by atoms with van der Waals surface area (Å²) in [4.78, 5) is 0. The molecule has 0 aliphatic carbocycles. The number of aliphatic hydroxyl groups is 2. The Morgan fingerprint density at radius 1 is 1.00 bits per heavy atom. The summed E-state index contributed by atoms with van der Waals surface area (Å²) >= 11 is 0. The van der Waals surface area contributed by atoms with E-state index in [2.05, 4.69) is 0 Å². The normalized spacial score (nSPS) is 15.3. The van der Waals surface area contributed by atoms with Gasteiger partial charge in [-0.1, -0.05) is 20.8 Å². The predicted molar refractivity (Wildman–Crippen MR) is 78.3 cm³/mol. The molecule has 0 aromatic carbocycles. The van der Waals surface area contributed by atoms with Crippen molar-refractivity contribution in [3.63, 3.8) is 0 Å². The molecule has 2 N–H and O–H groups in total. The SMILES string of the molecule is CC(C)(C)CC(CO)CF.CC(C)(C)OC[C@H](O)CF. The lowest BCUT2D eigenvalue weighted by Gasteiger charge is -2.22. The second kappa shape index (κ2) is 10.5. The summed E-state index contributed by atoms with van der Waals surface area (Å²) < 4.78 is 28.8. The van der Waals surface area contributed by atoms with Gasteiger partial charge in [-0.3, -0.25) is 4.39 Å². The zero-order valence-corrected chi connectivity index (χ0v) is 13.7. The fraction of sp³-hybridized carbons (Fsp3) is 1.00. The van der Waals surface area contributed by atoms with Crippen molar-refractivity contribution in [1.29, 1.82) is 0 Å². The maximum absolute atomic E-state index is 12.0. The van der Waals surface area contributed by atoms with Gasteiger partial charge in [0.1, 0.15) is 12.8 Å². The molecular formula is C15H32F2O3. The van der Waals surface area contributed by atoms with Crippen molar-refractivity contribution < 1.29 is 23.7 Å². The van der Waals surface area contributed by atoms with E-state index >= 15 is 0 Å². The van der Waals surface area contributed by atoms with E-state index in [-0.39, 0.29) is 30.1 Å². The first-order valence-electron chi connectivity index (χ1n) is 7.00. The summed E-state index contributed by atoms with van der Waals surface area (Å²) in [5, 5.41) is 17.4. The van der Waals surface area contributed by atoms with Gasteiger partial charge in [-0.05, 0) is 32.6 Å². The highest BCUT2D eigenvalue weighted by atomic mass is 19.1. The van der Waals surface area contributed by atoms with Crippen LogP contribution in [-0.2, 0) is 4.74 Å². The van der Waals surface area contributed by atoms with Gasteiger partial charge < -0.3 is 14.9 Å². The molecule has 0 saturated heterocycles. The minimum absolute atomic E-state index is 0.0340. The largest absolute Gasteiger partial charge is 0.396 e. The van der Waals surface area contributed by atoms with Gasteiger partial charge in [0.25, 0.3) is 0 Å². The Labute approximate surface area is 122 Å². The minimum Gasteiger partial charge on any atom is -0.396 e. The van der Waals surface area contributed by atoms with E-state index in [1.54, 1.807) is 0 Å². The number of hydrogen-bond donors (Lipinski definition) is 2. The molecule has 0 spiro atoms. The second-order valence-corrected chi connectivity index (χ2v) is 7.20. The number of hydrogen-bond acceptors (Lipinski definition) is 3. The summed E-state index contributed by atoms with van der Waals surface area (Å²) in [5.74, 6) is -0.167. The molecular weight excluding hydrogens is 266 g/mol. The molecule has 124 valence electrons. The van der Waals surface area contributed by atoms with E-state index < -0.39 is 19.5 Å². The third-order valence-electron chi connectivity index (χ3n) is 2.26. The molecule has 2 atom stereocenters. The van der Waals surface area contributed by atoms with E-state index in [1.807, 2.05) is 41.5 Å². The molecule has 0 aromatic rings. The van der Waals surface area contributed by atoms with Crippen LogP contribution in [0.5, 0.6) is 0 Å². The first-order valence-corrected chi connectivity index (χ1v) is 7.00. The van der Waals surface area contributed by atoms with Gasteiger partial charge in [0.15, 0.2) is 0 Å². The third-order valence-corrected chi connectivity index (χ3v) is 2.26. The fourth-order valence-corrected chi connectivity index (χ4v) is 1.42. The Bertz CT molecular complexity index is 218. The summed E-state index contributed by atoms with van der Waals surface area (Å²) in [6.45, 7) is 10.6. The van der Waals surface area contributed by atoms with Crippen molar-refractivity contribution in [3.8, 4) is 0 Å². The summed E-state index contributed by atoms with van der Waals surface area (Å²) in [5.41, 5.74) is -0.171. The molecule has 1 unspecified atom stereocenters. The zero-order valence-electron chi connectivity index (χ0n) is 13.7. The van der Waals surface area contributed by atoms with Crippen LogP contribution in [0.4, 0.5) is 8.78 Å². The number of rotatable bonds is 6. The molecule has 0 aliphatic rings. The van der Waals surface area contributed by atoms with Gasteiger partial charge in [0, 0.05) is 12.5 Å². The van der Waals surface area contributed by atoms with Crippen LogP contribution in [0.25, 0.3) is 0 Å². The van der Waals surface area contributed by atoms with Crippen LogP contribution in [0.2, 0.25) is 0 Å². The molecule has 3 nitrogen and oxygen atoms in total. The van der Waals surface area contributed by atoms with Crippen LogP contribution in [0.15, 0.2) is 0 Å². The molecule has 0 amide bonds. The Morgan fingerprint density at radius 3 is 1.70 bits per heavy atom. The molecule has 0 fully saturated rings. The van der Waals surface area contributed by atoms with Gasteiger partial charge in [-0.15, -0.1) is 0 Å². The Kier molecular flexibility index (Phi) is 11.5. The van der Waals surface area contributed by atoms with Gasteiger partial charge in [0.2, 0.25) is 0 Å². The quantitative estimate of drug-likeness (QED) is 0.792. The van der Waals surface area contributed by atoms with Crippen molar-refractivity contribution >= 4 is 0 Å². The number of ether oxygens (including phenoxy) is 1. The summed E-state index contributed by atoms with van der Waals surface area (Å²) in [7, 11) is 0. The highest BCUT2D eigenvalue weighted by Crippen LogP contribution is 2.24. The predicted octanol–water partition coefficient (Wildman–Crippen LogP) is 3.13. The maximum atomic E-state index is 12.0. The lowest BCUT2D eigenvalue weighted by Crippen LogP contribution is -2.27. The van der Waals surface area contributed by atoms with Gasteiger partial charge in [0.05, 0.1) is 18.9 Å². The molecule has 0 radical (unpaired) electrons. The average Bonchev–Trinajstić information content (AvgIpc) is 2.31. The molecule has 0 rings (SSSR count). The average molecular weight is 298 g/mol. The minimum atomic E-state index is -0.973. The van der Waals surface area contributed by atoms with E-state index in [4.69, 9.17) is 14.9 Å². The number of alkyl halides is 2. The highest BCUT2D eigenvalue weighted by molar-refractivity contribution is 4.67. The van der Waals surface area contributed by atoms with Crippen molar-refractivity contribution in [2.75, 3.05) is 26.6 Å². The first kappa shape index (κ1) is 22.0. The molecule has 0 aliphatic heterocycles. The second-order valence-electron chi connectivity index (χ2n) is 7.20. The maximum Gasteiger partial charge on any atom is 0.118 e. The Hall–Kier alpha value is -0.260. The third kappa shape index (κ3) is 17.7. The van der Waals surface area contributed by atoms with Gasteiger partial charge in [-0.25, -0.2) is 4.39 Å². The zero-order chi connectivity index (χ0) is 16.4. The smallest absolute Gasteiger partial charge is 0.118 e. The molecule has 0 aromatic heterocycles. The number of aliphatic hydroxyl groups excluding tert-OH is 2. The summed E-state index contributed by atoms with van der Waals surface area (Å²) in [6.07, 6.45) is -0.223. The molecule has 5 heteroatoms. The molecule has 0 heterocycles. The van der Waals surface area contributed by atoms with Crippen molar-refractivity contribution in [1.82, 2.24) is 0 Å². The summed E-state index contributed by atoms with van der Waals surface area (Å²) in [6, 6.07) is 0. The lowest BCUT2D eigenvalue weighted by atomic mass is 9.85. The number of halogens is 2. The topological polar surface area (TPSA) is 49.7 Å². The van der Waals surface area contributed by atoms with E-state index in [9.17, 15) is 8.78 Å². The van der Waals surface area contributed by atoms with Crippen molar-refractivity contribution in [3.05, 3.63) is 0 Å². The van der Waals surface area contributed by atoms with Crippen LogP contribution in [0.3, 0.4) is 0 Å². The lowest BCUT2D eigenvalue weighted by molar-refractivity contribution is -0.0536. The van der Waals surface area contributed by atoms with Crippen LogP contribution in [-0.4, -0.2) is 48.5 Å². The fourth-order valence-electron chi connectivity index (χ4n) is 1.42. The van der Waals surface area contributed by atoms with E-state index in [0.717, 1.165) is 6.42 Å². The molecule has 20 heavy (non-hydrogen) atoms. The monoisotopic (exact) mass is 298 g/mol. The van der Waals surface area contributed by atoms with Crippen LogP contribution in [0.1, 0.15) is 48.0 Å².